The van der Waals surface area contributed by atoms with Crippen LogP contribution in [-0.2, 0) is 152 Å². The van der Waals surface area contributed by atoms with E-state index in [0.717, 1.165) is 97.4 Å². The topological polar surface area (TPSA) is 184 Å². The minimum absolute atomic E-state index is 0. The van der Waals surface area contributed by atoms with Crippen LogP contribution >= 0.6 is 22.8 Å². The van der Waals surface area contributed by atoms with Gasteiger partial charge in [-0.05, 0) is 97.4 Å². The molecular weight excluding hydrogens is 2140 g/mol. The van der Waals surface area contributed by atoms with Gasteiger partial charge in [0.2, 0.25) is 0 Å². The zero-order valence-electron chi connectivity index (χ0n) is 91.1. The van der Waals surface area contributed by atoms with Crippen molar-refractivity contribution in [2.24, 2.45) is 0 Å². The Kier molecular flexibility index (Phi) is 145. The van der Waals surface area contributed by atoms with Gasteiger partial charge in [0.1, 0.15) is 0 Å². The minimum Gasteiger partial charge on any atom is -0.854 e. The van der Waals surface area contributed by atoms with Crippen LogP contribution in [0.15, 0.2) is 0 Å². The summed E-state index contributed by atoms with van der Waals surface area (Å²) < 4.78 is 0. The molecule has 0 aromatic heterocycles. The molecule has 0 unspecified atom stereocenters. The Morgan fingerprint density at radius 1 is 0.111 bits per heavy atom. The van der Waals surface area contributed by atoms with Crippen molar-refractivity contribution in [2.45, 2.75) is 672 Å². The van der Waals surface area contributed by atoms with Crippen molar-refractivity contribution in [1.29, 1.82) is 0 Å². The van der Waals surface area contributed by atoms with Crippen molar-refractivity contribution in [3.63, 3.8) is 0 Å². The standard InChI is InChI=1S/4C28H58O2PS2.3Mo/c4*1-3-5-7-9-11-13-15-17-19-21-23-25-27-33(31(29,30)32)28-26-24-22-20-18-16-14-12-10-8-6-4-2;;;/h4*3-28H2,1-2H3;;;/q4*-3;3*+4. The SMILES string of the molecule is CCCCCCCCCCCCCCS(CCCCCCCCCCCCCC)=P([O-])([O-])[S-].CCCCCCCCCCCCCCS(CCCCCCCCCCCCCC)=P([O-])([O-])[S-].CCCCCCCCCCCCCCS(CCCCCCCCCCCCCC)=P([O-])([O-])[S-].CCCCCCCCCCCCCCS(CCCCCCCCCCCCCC)=P([O-])([O-])[S-].[Mo+4].[Mo+4].[Mo+4]. The number of unbranched alkanes of at least 4 members (excludes halogenated alkanes) is 88. The van der Waals surface area contributed by atoms with Crippen molar-refractivity contribution < 1.29 is 102 Å². The van der Waals surface area contributed by atoms with Crippen molar-refractivity contribution in [2.75, 3.05) is 46.0 Å². The molecule has 0 aliphatic rings. The number of rotatable bonds is 104. The summed E-state index contributed by atoms with van der Waals surface area (Å²) in [5.74, 6) is 6.55. The van der Waals surface area contributed by atoms with Crippen LogP contribution < -0.4 is 39.1 Å². The van der Waals surface area contributed by atoms with E-state index in [1.807, 2.05) is 0 Å². The van der Waals surface area contributed by atoms with E-state index >= 15 is 0 Å². The number of hydrogen-bond acceptors (Lipinski definition) is 12. The summed E-state index contributed by atoms with van der Waals surface area (Å²) in [6.45, 7) is 18.2. The van der Waals surface area contributed by atoms with Crippen molar-refractivity contribution in [3.8, 4) is 0 Å². The maximum absolute atomic E-state index is 12.1. The van der Waals surface area contributed by atoms with Crippen LogP contribution in [0.2, 0.25) is 0 Å². The molecule has 0 amide bonds. The molecule has 23 heteroatoms. The molecule has 0 bridgehead atoms. The predicted octanol–water partition coefficient (Wildman–Crippen LogP) is 35.8. The average Bonchev–Trinajstić information content (AvgIpc) is 0.912. The van der Waals surface area contributed by atoms with Crippen molar-refractivity contribution in [1.82, 2.24) is 0 Å². The molecule has 814 valence electrons. The van der Waals surface area contributed by atoms with Gasteiger partial charge in [-0.2, -0.15) is 0 Å². The second kappa shape index (κ2) is 127. The number of hydrogen-bond donors (Lipinski definition) is 0. The molecule has 0 heterocycles. The summed E-state index contributed by atoms with van der Waals surface area (Å²) in [7, 11) is -2.22. The summed E-state index contributed by atoms with van der Waals surface area (Å²) in [5, 5.41) is 0. The maximum atomic E-state index is 12.1. The van der Waals surface area contributed by atoms with E-state index in [4.69, 9.17) is 49.0 Å². The van der Waals surface area contributed by atoms with Gasteiger partial charge in [-0.3, -0.25) is 0 Å². The Morgan fingerprint density at radius 3 is 0.215 bits per heavy atom. The molecule has 0 aliphatic heterocycles. The van der Waals surface area contributed by atoms with Gasteiger partial charge in [0, 0.05) is 0 Å². The van der Waals surface area contributed by atoms with Crippen LogP contribution in [0.25, 0.3) is 0 Å². The third-order valence-electron chi connectivity index (χ3n) is 27.1. The molecule has 8 nitrogen and oxygen atoms in total. The van der Waals surface area contributed by atoms with Crippen LogP contribution in [-0.4, -0.2) is 46.0 Å². The molecule has 0 saturated carbocycles. The van der Waals surface area contributed by atoms with E-state index in [1.165, 1.54) is 565 Å². The van der Waals surface area contributed by atoms with Gasteiger partial charge in [-0.25, -0.2) is 40.3 Å². The van der Waals surface area contributed by atoms with Crippen LogP contribution in [0.3, 0.4) is 0 Å². The molecule has 135 heavy (non-hydrogen) atoms. The summed E-state index contributed by atoms with van der Waals surface area (Å²) >= 11 is 19.6. The fraction of sp³-hybridized carbons (Fsp3) is 1.00. The first-order chi connectivity index (χ1) is 64.1. The van der Waals surface area contributed by atoms with Gasteiger partial charge in [0.25, 0.3) is 0 Å². The van der Waals surface area contributed by atoms with E-state index in [1.54, 1.807) is 0 Å². The summed E-state index contributed by atoms with van der Waals surface area (Å²) in [6.07, 6.45) is 127. The first kappa shape index (κ1) is 154. The average molecular weight is 2380 g/mol. The second-order valence-corrected chi connectivity index (χ2v) is 71.4. The molecular formula is C112H232Mo3O8P4S8. The van der Waals surface area contributed by atoms with Crippen molar-refractivity contribution in [3.05, 3.63) is 0 Å². The van der Waals surface area contributed by atoms with Crippen LogP contribution in [0.4, 0.5) is 0 Å². The molecule has 0 aromatic rings. The maximum Gasteiger partial charge on any atom is 4.00 e. The minimum atomic E-state index is -3.58. The zero-order chi connectivity index (χ0) is 97.8. The fourth-order valence-corrected chi connectivity index (χ4v) is 38.9. The van der Waals surface area contributed by atoms with Gasteiger partial charge in [-0.1, -0.05) is 620 Å². The molecule has 0 radical (unpaired) electrons. The molecule has 0 aromatic carbocycles. The quantitative estimate of drug-likeness (QED) is 0.0243. The molecule has 0 saturated heterocycles. The molecule has 0 atom stereocenters. The Hall–Kier alpha value is 6.26. The second-order valence-electron chi connectivity index (χ2n) is 40.4. The molecule has 0 spiro atoms. The Labute approximate surface area is 922 Å². The largest absolute Gasteiger partial charge is 4.00 e. The Morgan fingerprint density at radius 2 is 0.163 bits per heavy atom. The van der Waals surface area contributed by atoms with E-state index in [0.29, 0.717) is 0 Å². The Bertz CT molecular complexity index is 2000. The molecule has 0 rings (SSSR count). The van der Waals surface area contributed by atoms with Gasteiger partial charge in [-0.15, -0.1) is 0 Å². The van der Waals surface area contributed by atoms with Gasteiger partial charge >= 0.3 is 63.2 Å². The van der Waals surface area contributed by atoms with Gasteiger partial charge < -0.3 is 111 Å². The van der Waals surface area contributed by atoms with E-state index < -0.39 is 63.1 Å². The molecule has 0 N–H and O–H groups in total. The monoisotopic (exact) mass is 2380 g/mol. The molecule has 0 fully saturated rings. The van der Waals surface area contributed by atoms with Crippen LogP contribution in [0.1, 0.15) is 672 Å². The van der Waals surface area contributed by atoms with Crippen molar-refractivity contribution >= 4 is 112 Å². The zero-order valence-corrected chi connectivity index (χ0v) is 107. The normalized spacial score (nSPS) is 11.9. The van der Waals surface area contributed by atoms with Gasteiger partial charge in [0.05, 0.1) is 0 Å². The van der Waals surface area contributed by atoms with Gasteiger partial charge in [0.15, 0.2) is 0 Å². The third-order valence-corrected chi connectivity index (χ3v) is 55.3. The van der Waals surface area contributed by atoms with E-state index in [-0.39, 0.29) is 63.2 Å². The van der Waals surface area contributed by atoms with Crippen LogP contribution in [0, 0.1) is 0 Å². The first-order valence-corrected chi connectivity index (χ1v) is 78.1. The molecule has 0 aliphatic carbocycles. The summed E-state index contributed by atoms with van der Waals surface area (Å²) in [6, 6.07) is 0. The predicted molar refractivity (Wildman–Crippen MR) is 614 cm³/mol. The van der Waals surface area contributed by atoms with E-state index in [2.05, 4.69) is 55.4 Å². The van der Waals surface area contributed by atoms with E-state index in [9.17, 15) is 39.1 Å². The van der Waals surface area contributed by atoms with Crippen LogP contribution in [0.5, 0.6) is 0 Å². The first-order valence-electron chi connectivity index (χ1n) is 58.9. The summed E-state index contributed by atoms with van der Waals surface area (Å²) in [4.78, 5) is 96.4. The summed E-state index contributed by atoms with van der Waals surface area (Å²) in [5.41, 5.74) is -14.3. The smallest absolute Gasteiger partial charge is 0.854 e. The fourth-order valence-electron chi connectivity index (χ4n) is 18.2. The Balaban J connectivity index is -0.000000321. The third kappa shape index (κ3) is 132.